The Bertz CT molecular complexity index is 1320. The van der Waals surface area contributed by atoms with E-state index in [1.807, 2.05) is 18.2 Å². The summed E-state index contributed by atoms with van der Waals surface area (Å²) in [6.45, 7) is 2.94. The molecule has 0 amide bonds. The molecule has 1 aromatic carbocycles. The van der Waals surface area contributed by atoms with Gasteiger partial charge in [-0.25, -0.2) is 4.98 Å². The Morgan fingerprint density at radius 2 is 2.00 bits per heavy atom. The van der Waals surface area contributed by atoms with Gasteiger partial charge in [-0.1, -0.05) is 30.0 Å². The molecule has 2 aliphatic rings. The number of hydrogen-bond acceptors (Lipinski definition) is 8. The van der Waals surface area contributed by atoms with Crippen LogP contribution in [0.2, 0.25) is 0 Å². The molecule has 2 aromatic heterocycles. The van der Waals surface area contributed by atoms with Gasteiger partial charge in [0.2, 0.25) is 0 Å². The average molecular weight is 522 g/mol. The molecule has 1 unspecified atom stereocenters. The van der Waals surface area contributed by atoms with Gasteiger partial charge in [0.1, 0.15) is 5.04 Å². The number of aliphatic imine (C=N–C) groups is 1. The van der Waals surface area contributed by atoms with Gasteiger partial charge in [0.25, 0.3) is 10.0 Å². The predicted molar refractivity (Wildman–Crippen MR) is 140 cm³/mol. The second-order valence-electron chi connectivity index (χ2n) is 8.46. The van der Waals surface area contributed by atoms with Crippen molar-refractivity contribution in [2.45, 2.75) is 10.3 Å². The van der Waals surface area contributed by atoms with E-state index in [2.05, 4.69) is 14.9 Å². The highest BCUT2D eigenvalue weighted by Gasteiger charge is 2.29. The van der Waals surface area contributed by atoms with Gasteiger partial charge < -0.3 is 4.98 Å². The Morgan fingerprint density at radius 3 is 2.74 bits per heavy atom. The van der Waals surface area contributed by atoms with E-state index in [-0.39, 0.29) is 5.03 Å². The number of nitrogens with one attached hydrogen (secondary N) is 1. The maximum atomic E-state index is 13.1. The zero-order valence-corrected chi connectivity index (χ0v) is 21.1. The third-order valence-corrected chi connectivity index (χ3v) is 10.7. The Balaban J connectivity index is 1.33. The molecule has 182 valence electrons. The van der Waals surface area contributed by atoms with E-state index in [0.717, 1.165) is 28.2 Å². The second-order valence-corrected chi connectivity index (χ2v) is 14.1. The van der Waals surface area contributed by atoms with E-state index in [0.29, 0.717) is 42.1 Å². The fourth-order valence-electron chi connectivity index (χ4n) is 4.18. The van der Waals surface area contributed by atoms with Crippen LogP contribution in [0.25, 0.3) is 10.9 Å². The number of thioether (sulfide) groups is 1. The number of aromatic nitrogens is 2. The van der Waals surface area contributed by atoms with E-state index in [9.17, 15) is 17.5 Å². The first kappa shape index (κ1) is 23.6. The van der Waals surface area contributed by atoms with Crippen LogP contribution >= 0.6 is 22.4 Å². The van der Waals surface area contributed by atoms with Crippen LogP contribution in [0.3, 0.4) is 0 Å². The lowest BCUT2D eigenvalue weighted by Gasteiger charge is -2.41. The van der Waals surface area contributed by atoms with Crippen molar-refractivity contribution in [3.05, 3.63) is 54.4 Å². The number of anilines is 1. The minimum Gasteiger partial charge on any atom is -0.351 e. The van der Waals surface area contributed by atoms with Crippen molar-refractivity contribution in [3.8, 4) is 0 Å². The van der Waals surface area contributed by atoms with E-state index in [1.165, 1.54) is 23.6 Å². The summed E-state index contributed by atoms with van der Waals surface area (Å²) in [6, 6.07) is 12.4. The number of rotatable bonds is 6. The number of sulfonamides is 1. The molecule has 34 heavy (non-hydrogen) atoms. The molecule has 1 fully saturated rings. The van der Waals surface area contributed by atoms with Crippen LogP contribution in [0.5, 0.6) is 0 Å². The molecule has 5 rings (SSSR count). The van der Waals surface area contributed by atoms with Gasteiger partial charge in [-0.2, -0.15) is 19.0 Å². The van der Waals surface area contributed by atoms with Crippen LogP contribution in [0.4, 0.5) is 5.69 Å². The van der Waals surface area contributed by atoms with Gasteiger partial charge in [-0.15, -0.1) is 0 Å². The molecule has 0 spiro atoms. The summed E-state index contributed by atoms with van der Waals surface area (Å²) in [5.41, 5.74) is 2.14. The van der Waals surface area contributed by atoms with Gasteiger partial charge >= 0.3 is 0 Å². The van der Waals surface area contributed by atoms with Crippen molar-refractivity contribution < 1.29 is 17.5 Å². The minimum atomic E-state index is -3.80. The van der Waals surface area contributed by atoms with E-state index in [1.54, 1.807) is 30.0 Å². The highest BCUT2D eigenvalue weighted by atomic mass is 32.3. The number of para-hydroxylation sites is 1. The van der Waals surface area contributed by atoms with Crippen molar-refractivity contribution in [2.24, 2.45) is 4.99 Å². The van der Waals surface area contributed by atoms with Crippen LogP contribution in [-0.2, 0) is 10.0 Å². The molecular weight excluding hydrogens is 494 g/mol. The van der Waals surface area contributed by atoms with E-state index < -0.39 is 20.6 Å². The second kappa shape index (κ2) is 9.17. The fraction of sp³-hybridized carbons (Fsp3) is 0.364. The number of pyridine rings is 1. The summed E-state index contributed by atoms with van der Waals surface area (Å²) in [4.78, 5) is 14.4. The summed E-state index contributed by atoms with van der Waals surface area (Å²) >= 11 is 1.71. The molecule has 0 bridgehead atoms. The smallest absolute Gasteiger partial charge is 0.281 e. The Hall–Kier alpha value is -2.09. The standard InChI is InChI=1S/C22H27N5O4S3/c1-26(34(30,31)20-7-2-3-8-23-20)19-6-4-5-16-13-18(25-21(16)19)22-24-14-17(32-22)15-27-9-11-33(28,29)12-10-27/h2-8,13,17,25,28-29H,9-12,14-15H2,1H3. The lowest BCUT2D eigenvalue weighted by atomic mass is 10.2. The molecule has 0 saturated carbocycles. The fourth-order valence-corrected chi connectivity index (χ4v) is 7.76. The minimum absolute atomic E-state index is 0.00111. The third kappa shape index (κ3) is 4.70. The SMILES string of the molecule is CN(c1cccc2cc(C3=NCC(CN4CCS(O)(O)CC4)S3)[nH]c12)S(=O)(=O)c1ccccn1. The summed E-state index contributed by atoms with van der Waals surface area (Å²) in [7, 11) is -4.66. The molecular formula is C22H27N5O4S3. The highest BCUT2D eigenvalue weighted by molar-refractivity contribution is 8.24. The van der Waals surface area contributed by atoms with Crippen LogP contribution in [-0.4, -0.2) is 87.4 Å². The Kier molecular flexibility index (Phi) is 6.38. The number of H-pyrrole nitrogens is 1. The van der Waals surface area contributed by atoms with Gasteiger partial charge in [-0.05, 0) is 24.3 Å². The maximum absolute atomic E-state index is 13.1. The molecule has 0 radical (unpaired) electrons. The molecule has 1 saturated heterocycles. The largest absolute Gasteiger partial charge is 0.351 e. The van der Waals surface area contributed by atoms with Crippen LogP contribution < -0.4 is 4.31 Å². The quantitative estimate of drug-likeness (QED) is 0.455. The van der Waals surface area contributed by atoms with Gasteiger partial charge in [0, 0.05) is 43.5 Å². The summed E-state index contributed by atoms with van der Waals surface area (Å²) in [5.74, 6) is 0.885. The zero-order chi connectivity index (χ0) is 23.9. The topological polar surface area (TPSA) is 122 Å². The van der Waals surface area contributed by atoms with Crippen molar-refractivity contribution in [3.63, 3.8) is 0 Å². The first-order valence-corrected chi connectivity index (χ1v) is 15.1. The Morgan fingerprint density at radius 1 is 1.21 bits per heavy atom. The number of benzene rings is 1. The maximum Gasteiger partial charge on any atom is 0.281 e. The van der Waals surface area contributed by atoms with Crippen molar-refractivity contribution in [1.82, 2.24) is 14.9 Å². The number of nitrogens with zero attached hydrogens (tertiary/aromatic N) is 4. The van der Waals surface area contributed by atoms with Crippen LogP contribution in [0, 0.1) is 0 Å². The Labute approximate surface area is 204 Å². The predicted octanol–water partition coefficient (Wildman–Crippen LogP) is 3.32. The average Bonchev–Trinajstić information content (AvgIpc) is 3.47. The molecule has 3 aromatic rings. The van der Waals surface area contributed by atoms with Crippen molar-refractivity contribution in [1.29, 1.82) is 0 Å². The van der Waals surface area contributed by atoms with E-state index in [4.69, 9.17) is 4.99 Å². The normalized spacial score (nSPS) is 22.0. The van der Waals surface area contributed by atoms with Crippen molar-refractivity contribution >= 4 is 54.0 Å². The van der Waals surface area contributed by atoms with E-state index >= 15 is 0 Å². The lowest BCUT2D eigenvalue weighted by Crippen LogP contribution is -2.41. The van der Waals surface area contributed by atoms with Crippen molar-refractivity contribution in [2.75, 3.05) is 49.0 Å². The monoisotopic (exact) mass is 521 g/mol. The molecule has 12 heteroatoms. The highest BCUT2D eigenvalue weighted by Crippen LogP contribution is 2.40. The molecule has 4 heterocycles. The first-order chi connectivity index (χ1) is 16.2. The summed E-state index contributed by atoms with van der Waals surface area (Å²) in [6.07, 6.45) is 1.47. The van der Waals surface area contributed by atoms with Gasteiger partial charge in [-0.3, -0.25) is 23.3 Å². The molecule has 9 nitrogen and oxygen atoms in total. The van der Waals surface area contributed by atoms with Crippen LogP contribution in [0.15, 0.2) is 58.7 Å². The number of hydrogen-bond donors (Lipinski definition) is 3. The summed E-state index contributed by atoms with van der Waals surface area (Å²) in [5, 5.41) is 2.11. The number of fused-ring (bicyclic) bond motifs is 1. The third-order valence-electron chi connectivity index (χ3n) is 6.11. The lowest BCUT2D eigenvalue weighted by molar-refractivity contribution is 0.288. The molecule has 2 aliphatic heterocycles. The molecule has 1 atom stereocenters. The van der Waals surface area contributed by atoms with Gasteiger partial charge in [0.15, 0.2) is 5.03 Å². The number of aromatic amines is 1. The molecule has 3 N–H and O–H groups in total. The van der Waals surface area contributed by atoms with Gasteiger partial charge in [0.05, 0.1) is 34.9 Å². The summed E-state index contributed by atoms with van der Waals surface area (Å²) < 4.78 is 47.1. The zero-order valence-electron chi connectivity index (χ0n) is 18.7. The first-order valence-electron chi connectivity index (χ1n) is 10.9. The van der Waals surface area contributed by atoms with Crippen LogP contribution in [0.1, 0.15) is 5.69 Å². The molecule has 0 aliphatic carbocycles.